The van der Waals surface area contributed by atoms with Crippen LogP contribution in [0.15, 0.2) is 12.2 Å². The Bertz CT molecular complexity index is 449. The highest BCUT2D eigenvalue weighted by atomic mass is 32.2. The zero-order chi connectivity index (χ0) is 12.6. The smallest absolute Gasteiger partial charge is 0.328 e. The first-order valence-electron chi connectivity index (χ1n) is 4.31. The molecule has 0 aromatic carbocycles. The summed E-state index contributed by atoms with van der Waals surface area (Å²) < 4.78 is 28.6. The molecule has 0 amide bonds. The largest absolute Gasteiger partial charge is 0.481 e. The molecule has 0 fully saturated rings. The Kier molecular flexibility index (Phi) is 3.06. The van der Waals surface area contributed by atoms with Gasteiger partial charge >= 0.3 is 11.9 Å². The normalized spacial score (nSPS) is 29.9. The number of aliphatic carboxylic acids is 2. The third kappa shape index (κ3) is 1.69. The number of carboxylic acids is 2. The minimum atomic E-state index is -5.01. The van der Waals surface area contributed by atoms with Gasteiger partial charge in [0.25, 0.3) is 10.1 Å². The summed E-state index contributed by atoms with van der Waals surface area (Å²) in [6, 6.07) is 0. The van der Waals surface area contributed by atoms with Crippen LogP contribution in [0.2, 0.25) is 0 Å². The molecule has 2 unspecified atom stereocenters. The molecule has 1 aliphatic rings. The van der Waals surface area contributed by atoms with E-state index in [0.717, 1.165) is 0 Å². The summed E-state index contributed by atoms with van der Waals surface area (Å²) in [5.74, 6) is -5.11. The predicted molar refractivity (Wildman–Crippen MR) is 51.4 cm³/mol. The van der Waals surface area contributed by atoms with E-state index in [0.29, 0.717) is 0 Å². The minimum Gasteiger partial charge on any atom is -0.481 e. The minimum absolute atomic E-state index is 0.249. The van der Waals surface area contributed by atoms with E-state index in [1.54, 1.807) is 0 Å². The van der Waals surface area contributed by atoms with Gasteiger partial charge < -0.3 is 10.2 Å². The van der Waals surface area contributed by atoms with Gasteiger partial charge in [0.2, 0.25) is 4.75 Å². The number of carboxylic acid groups (broad SMARTS) is 2. The van der Waals surface area contributed by atoms with Gasteiger partial charge in [-0.1, -0.05) is 12.2 Å². The van der Waals surface area contributed by atoms with E-state index in [1.165, 1.54) is 12.2 Å². The Morgan fingerprint density at radius 1 is 1.25 bits per heavy atom. The molecule has 7 nitrogen and oxygen atoms in total. The Hall–Kier alpha value is -1.41. The van der Waals surface area contributed by atoms with Crippen LogP contribution in [-0.4, -0.2) is 39.9 Å². The molecule has 0 spiro atoms. The van der Waals surface area contributed by atoms with Crippen molar-refractivity contribution in [3.8, 4) is 0 Å². The van der Waals surface area contributed by atoms with E-state index in [9.17, 15) is 18.0 Å². The Morgan fingerprint density at radius 2 is 1.81 bits per heavy atom. The molecule has 0 bridgehead atoms. The maximum absolute atomic E-state index is 11.1. The predicted octanol–water partition coefficient (Wildman–Crippen LogP) is -0.252. The summed E-state index contributed by atoms with van der Waals surface area (Å²) >= 11 is 0. The van der Waals surface area contributed by atoms with E-state index in [4.69, 9.17) is 14.8 Å². The van der Waals surface area contributed by atoms with Crippen molar-refractivity contribution in [3.05, 3.63) is 12.2 Å². The van der Waals surface area contributed by atoms with Crippen LogP contribution in [0, 0.1) is 5.92 Å². The van der Waals surface area contributed by atoms with Gasteiger partial charge in [-0.15, -0.1) is 0 Å². The number of allylic oxidation sites excluding steroid dienone is 2. The molecular formula is C8H10O7S. The van der Waals surface area contributed by atoms with Gasteiger partial charge in [0.15, 0.2) is 0 Å². The zero-order valence-corrected chi connectivity index (χ0v) is 8.85. The highest BCUT2D eigenvalue weighted by Gasteiger charge is 2.59. The fourth-order valence-corrected chi connectivity index (χ4v) is 2.84. The van der Waals surface area contributed by atoms with Crippen molar-refractivity contribution in [2.24, 2.45) is 5.92 Å². The van der Waals surface area contributed by atoms with Gasteiger partial charge in [0.05, 0.1) is 5.92 Å². The SMILES string of the molecule is O=C(O)C1CC=CCC1(C(=O)O)S(=O)(=O)O. The Balaban J connectivity index is 3.44. The highest BCUT2D eigenvalue weighted by Crippen LogP contribution is 2.37. The summed E-state index contributed by atoms with van der Waals surface area (Å²) in [6.07, 6.45) is 1.81. The second-order valence-electron chi connectivity index (χ2n) is 3.47. The monoisotopic (exact) mass is 250 g/mol. The first-order chi connectivity index (χ1) is 7.23. The molecule has 16 heavy (non-hydrogen) atoms. The van der Waals surface area contributed by atoms with Crippen molar-refractivity contribution in [2.45, 2.75) is 17.6 Å². The van der Waals surface area contributed by atoms with Gasteiger partial charge in [-0.05, 0) is 12.8 Å². The standard InChI is InChI=1S/C8H10O7S/c9-6(10)5-3-1-2-4-8(5,7(11)12)16(13,14)15/h1-2,5H,3-4H2,(H,9,10)(H,11,12)(H,13,14,15). The molecule has 0 aromatic heterocycles. The van der Waals surface area contributed by atoms with Gasteiger partial charge in [-0.2, -0.15) is 8.42 Å². The van der Waals surface area contributed by atoms with Crippen LogP contribution in [0.1, 0.15) is 12.8 Å². The molecule has 2 atom stereocenters. The Morgan fingerprint density at radius 3 is 2.12 bits per heavy atom. The van der Waals surface area contributed by atoms with Crippen LogP contribution in [-0.2, 0) is 19.7 Å². The molecule has 0 aliphatic heterocycles. The van der Waals surface area contributed by atoms with Crippen LogP contribution in [0.4, 0.5) is 0 Å². The lowest BCUT2D eigenvalue weighted by molar-refractivity contribution is -0.152. The summed E-state index contributed by atoms with van der Waals surface area (Å²) in [5, 5.41) is 17.7. The summed E-state index contributed by atoms with van der Waals surface area (Å²) in [7, 11) is -5.01. The molecule has 1 aliphatic carbocycles. The van der Waals surface area contributed by atoms with Crippen LogP contribution < -0.4 is 0 Å². The molecule has 1 rings (SSSR count). The maximum atomic E-state index is 11.1. The number of hydrogen-bond acceptors (Lipinski definition) is 4. The number of rotatable bonds is 3. The second-order valence-corrected chi connectivity index (χ2v) is 5.15. The van der Waals surface area contributed by atoms with Crippen LogP contribution in [0.5, 0.6) is 0 Å². The van der Waals surface area contributed by atoms with E-state index in [2.05, 4.69) is 0 Å². The third-order valence-electron chi connectivity index (χ3n) is 2.64. The quantitative estimate of drug-likeness (QED) is 0.465. The summed E-state index contributed by atoms with van der Waals surface area (Å²) in [5.41, 5.74) is 0. The average molecular weight is 250 g/mol. The molecule has 3 N–H and O–H groups in total. The van der Waals surface area contributed by atoms with Crippen molar-refractivity contribution in [1.29, 1.82) is 0 Å². The molecule has 0 saturated carbocycles. The van der Waals surface area contributed by atoms with Gasteiger partial charge in [0, 0.05) is 0 Å². The zero-order valence-electron chi connectivity index (χ0n) is 8.03. The number of hydrogen-bond donors (Lipinski definition) is 3. The summed E-state index contributed by atoms with van der Waals surface area (Å²) in [4.78, 5) is 21.8. The van der Waals surface area contributed by atoms with Crippen molar-refractivity contribution in [2.75, 3.05) is 0 Å². The van der Waals surface area contributed by atoms with Crippen molar-refractivity contribution in [1.82, 2.24) is 0 Å². The van der Waals surface area contributed by atoms with Crippen molar-refractivity contribution >= 4 is 22.1 Å². The van der Waals surface area contributed by atoms with Crippen LogP contribution in [0.3, 0.4) is 0 Å². The molecule has 0 heterocycles. The summed E-state index contributed by atoms with van der Waals surface area (Å²) in [6.45, 7) is 0. The first kappa shape index (κ1) is 12.7. The third-order valence-corrected chi connectivity index (χ3v) is 4.19. The van der Waals surface area contributed by atoms with E-state index >= 15 is 0 Å². The lowest BCUT2D eigenvalue weighted by atomic mass is 9.82. The fraction of sp³-hybridized carbons (Fsp3) is 0.500. The van der Waals surface area contributed by atoms with E-state index < -0.39 is 39.1 Å². The molecule has 90 valence electrons. The van der Waals surface area contributed by atoms with E-state index in [1.807, 2.05) is 0 Å². The van der Waals surface area contributed by atoms with E-state index in [-0.39, 0.29) is 6.42 Å². The number of carbonyl (C=O) groups is 2. The lowest BCUT2D eigenvalue weighted by Gasteiger charge is -2.32. The van der Waals surface area contributed by atoms with Crippen molar-refractivity contribution in [3.63, 3.8) is 0 Å². The topological polar surface area (TPSA) is 129 Å². The average Bonchev–Trinajstić information content (AvgIpc) is 2.15. The lowest BCUT2D eigenvalue weighted by Crippen LogP contribution is -2.55. The highest BCUT2D eigenvalue weighted by molar-refractivity contribution is 7.88. The molecule has 0 radical (unpaired) electrons. The molecule has 0 saturated heterocycles. The van der Waals surface area contributed by atoms with Gasteiger partial charge in [-0.25, -0.2) is 0 Å². The molecule has 8 heteroatoms. The van der Waals surface area contributed by atoms with Crippen molar-refractivity contribution < 1.29 is 32.8 Å². The van der Waals surface area contributed by atoms with Gasteiger partial charge in [-0.3, -0.25) is 14.1 Å². The molecule has 0 aromatic rings. The fourth-order valence-electron chi connectivity index (χ4n) is 1.76. The first-order valence-corrected chi connectivity index (χ1v) is 5.75. The Labute approximate surface area is 91.1 Å². The van der Waals surface area contributed by atoms with Gasteiger partial charge in [0.1, 0.15) is 0 Å². The van der Waals surface area contributed by atoms with Crippen LogP contribution >= 0.6 is 0 Å². The second kappa shape index (κ2) is 3.87. The maximum Gasteiger partial charge on any atom is 0.328 e. The van der Waals surface area contributed by atoms with Crippen LogP contribution in [0.25, 0.3) is 0 Å². The molecular weight excluding hydrogens is 240 g/mol.